The summed E-state index contributed by atoms with van der Waals surface area (Å²) >= 11 is 0. The molecule has 0 spiro atoms. The monoisotopic (exact) mass is 313 g/mol. The smallest absolute Gasteiger partial charge is 0.233 e. The van der Waals surface area contributed by atoms with E-state index in [1.54, 1.807) is 0 Å². The highest BCUT2D eigenvalue weighted by molar-refractivity contribution is 5.75. The summed E-state index contributed by atoms with van der Waals surface area (Å²) < 4.78 is 0. The minimum absolute atomic E-state index is 0.204. The van der Waals surface area contributed by atoms with Gasteiger partial charge < -0.3 is 16.2 Å². The molecule has 2 N–H and O–H groups in total. The van der Waals surface area contributed by atoms with Crippen LogP contribution in [0.2, 0.25) is 0 Å². The molecular formula is C18H37N2O2-. The molecule has 0 aliphatic heterocycles. The van der Waals surface area contributed by atoms with Crippen molar-refractivity contribution in [3.8, 4) is 0 Å². The Morgan fingerprint density at radius 1 is 0.682 bits per heavy atom. The van der Waals surface area contributed by atoms with E-state index in [9.17, 15) is 10.0 Å². The van der Waals surface area contributed by atoms with E-state index in [4.69, 9.17) is 0 Å². The van der Waals surface area contributed by atoms with E-state index in [1.165, 1.54) is 89.1 Å². The second kappa shape index (κ2) is 18.4. The molecule has 4 nitrogen and oxygen atoms in total. The van der Waals surface area contributed by atoms with E-state index >= 15 is 0 Å². The number of nitrogens with one attached hydrogen (secondary N) is 2. The molecule has 1 amide bonds. The van der Waals surface area contributed by atoms with Gasteiger partial charge >= 0.3 is 0 Å². The third-order valence-corrected chi connectivity index (χ3v) is 4.20. The van der Waals surface area contributed by atoms with Crippen molar-refractivity contribution in [1.29, 1.82) is 0 Å². The van der Waals surface area contributed by atoms with Crippen molar-refractivity contribution in [2.45, 2.75) is 110 Å². The number of rotatable bonds is 17. The SMILES string of the molecule is CCCCCCCCCCCCCCCCCC(=O)NN[O-]. The summed E-state index contributed by atoms with van der Waals surface area (Å²) in [5, 5.41) is 9.92. The molecule has 0 saturated heterocycles. The summed E-state index contributed by atoms with van der Waals surface area (Å²) in [5.41, 5.74) is 3.47. The van der Waals surface area contributed by atoms with Gasteiger partial charge in [0, 0.05) is 6.42 Å². The molecule has 0 bridgehead atoms. The van der Waals surface area contributed by atoms with Crippen LogP contribution in [0.3, 0.4) is 0 Å². The number of unbranched alkanes of at least 4 members (excludes halogenated alkanes) is 14. The second-order valence-electron chi connectivity index (χ2n) is 6.35. The number of amides is 1. The lowest BCUT2D eigenvalue weighted by Crippen LogP contribution is -2.32. The van der Waals surface area contributed by atoms with Crippen LogP contribution in [0.1, 0.15) is 110 Å². The number of hydrogen-bond donors (Lipinski definition) is 2. The van der Waals surface area contributed by atoms with E-state index in [0.29, 0.717) is 6.42 Å². The second-order valence-corrected chi connectivity index (χ2v) is 6.35. The first-order valence-corrected chi connectivity index (χ1v) is 9.47. The molecule has 0 unspecified atom stereocenters. The fourth-order valence-electron chi connectivity index (χ4n) is 2.78. The Hall–Kier alpha value is -0.610. The molecule has 0 radical (unpaired) electrons. The van der Waals surface area contributed by atoms with E-state index in [-0.39, 0.29) is 5.91 Å². The van der Waals surface area contributed by atoms with Gasteiger partial charge in [-0.2, -0.15) is 0 Å². The van der Waals surface area contributed by atoms with Crippen LogP contribution in [0.4, 0.5) is 0 Å². The number of carbonyl (C=O) groups excluding carboxylic acids is 1. The van der Waals surface area contributed by atoms with Crippen LogP contribution in [-0.2, 0) is 4.79 Å². The maximum Gasteiger partial charge on any atom is 0.233 e. The highest BCUT2D eigenvalue weighted by Crippen LogP contribution is 2.13. The van der Waals surface area contributed by atoms with E-state index in [0.717, 1.165) is 12.8 Å². The minimum atomic E-state index is -0.204. The summed E-state index contributed by atoms with van der Waals surface area (Å²) in [6.45, 7) is 2.27. The van der Waals surface area contributed by atoms with Gasteiger partial charge in [0.2, 0.25) is 5.91 Å². The highest BCUT2D eigenvalue weighted by atomic mass is 16.5. The van der Waals surface area contributed by atoms with E-state index in [2.05, 4.69) is 12.3 Å². The summed E-state index contributed by atoms with van der Waals surface area (Å²) in [6.07, 6.45) is 20.2. The fraction of sp³-hybridized carbons (Fsp3) is 0.944. The van der Waals surface area contributed by atoms with Gasteiger partial charge in [0.25, 0.3) is 0 Å². The molecule has 0 aromatic rings. The third kappa shape index (κ3) is 17.4. The van der Waals surface area contributed by atoms with Crippen molar-refractivity contribution in [3.63, 3.8) is 0 Å². The molecule has 0 aromatic carbocycles. The van der Waals surface area contributed by atoms with Gasteiger partial charge in [-0.3, -0.25) is 4.79 Å². The molecule has 0 rings (SSSR count). The first-order valence-electron chi connectivity index (χ1n) is 9.47. The van der Waals surface area contributed by atoms with Crippen molar-refractivity contribution in [1.82, 2.24) is 11.0 Å². The molecular weight excluding hydrogens is 276 g/mol. The Labute approximate surface area is 137 Å². The number of hydrazine groups is 1. The van der Waals surface area contributed by atoms with Crippen LogP contribution in [0.25, 0.3) is 0 Å². The average Bonchev–Trinajstić information content (AvgIpc) is 2.51. The predicted molar refractivity (Wildman–Crippen MR) is 94.2 cm³/mol. The maximum atomic E-state index is 11.0. The van der Waals surface area contributed by atoms with Crippen LogP contribution >= 0.6 is 0 Å². The molecule has 0 aromatic heterocycles. The fourth-order valence-corrected chi connectivity index (χ4v) is 2.78. The third-order valence-electron chi connectivity index (χ3n) is 4.20. The Morgan fingerprint density at radius 3 is 1.41 bits per heavy atom. The average molecular weight is 314 g/mol. The van der Waals surface area contributed by atoms with Crippen molar-refractivity contribution >= 4 is 5.91 Å². The standard InChI is InChI=1S/C18H37N2O2/c1-2-3-4-5-6-7-8-9-10-11-12-13-14-15-16-17-18(21)19-20-22/h20H,2-17H2,1H3,(H,19,21)/q-1. The number of hydrogen-bond acceptors (Lipinski definition) is 3. The minimum Gasteiger partial charge on any atom is -0.770 e. The van der Waals surface area contributed by atoms with Crippen LogP contribution in [0.15, 0.2) is 0 Å². The molecule has 22 heavy (non-hydrogen) atoms. The quantitative estimate of drug-likeness (QED) is 0.280. The van der Waals surface area contributed by atoms with Gasteiger partial charge in [-0.15, -0.1) is 0 Å². The zero-order valence-electron chi connectivity index (χ0n) is 14.6. The van der Waals surface area contributed by atoms with Crippen molar-refractivity contribution in [2.75, 3.05) is 0 Å². The lowest BCUT2D eigenvalue weighted by molar-refractivity contribution is -0.121. The van der Waals surface area contributed by atoms with Crippen LogP contribution in [0, 0.1) is 5.21 Å². The zero-order valence-corrected chi connectivity index (χ0v) is 14.6. The van der Waals surface area contributed by atoms with Crippen LogP contribution in [0.5, 0.6) is 0 Å². The summed E-state index contributed by atoms with van der Waals surface area (Å²) in [7, 11) is 0. The topological polar surface area (TPSA) is 64.2 Å². The van der Waals surface area contributed by atoms with E-state index < -0.39 is 0 Å². The lowest BCUT2D eigenvalue weighted by Gasteiger charge is -2.08. The molecule has 0 aliphatic rings. The largest absolute Gasteiger partial charge is 0.770 e. The molecule has 132 valence electrons. The van der Waals surface area contributed by atoms with Gasteiger partial charge in [-0.1, -0.05) is 96.8 Å². The summed E-state index contributed by atoms with van der Waals surface area (Å²) in [6, 6.07) is 0. The van der Waals surface area contributed by atoms with E-state index in [1.807, 2.05) is 0 Å². The van der Waals surface area contributed by atoms with Crippen LogP contribution < -0.4 is 11.0 Å². The van der Waals surface area contributed by atoms with Gasteiger partial charge in [0.15, 0.2) is 0 Å². The Kier molecular flexibility index (Phi) is 17.9. The maximum absolute atomic E-state index is 11.0. The first-order chi connectivity index (χ1) is 10.8. The van der Waals surface area contributed by atoms with Crippen molar-refractivity contribution in [2.24, 2.45) is 0 Å². The normalized spacial score (nSPS) is 10.8. The van der Waals surface area contributed by atoms with Gasteiger partial charge in [-0.05, 0) is 6.42 Å². The Bertz CT molecular complexity index is 235. The Morgan fingerprint density at radius 2 is 1.05 bits per heavy atom. The molecule has 0 heterocycles. The summed E-state index contributed by atoms with van der Waals surface area (Å²) in [5.74, 6) is -0.204. The molecule has 4 heteroatoms. The first kappa shape index (κ1) is 21.4. The molecule has 0 saturated carbocycles. The van der Waals surface area contributed by atoms with Gasteiger partial charge in [0.05, 0.1) is 0 Å². The molecule has 0 atom stereocenters. The van der Waals surface area contributed by atoms with Crippen LogP contribution in [-0.4, -0.2) is 5.91 Å². The predicted octanol–water partition coefficient (Wildman–Crippen LogP) is 5.37. The van der Waals surface area contributed by atoms with Gasteiger partial charge in [0.1, 0.15) is 0 Å². The van der Waals surface area contributed by atoms with Gasteiger partial charge in [-0.25, -0.2) is 0 Å². The highest BCUT2D eigenvalue weighted by Gasteiger charge is 1.98. The summed E-state index contributed by atoms with van der Waals surface area (Å²) in [4.78, 5) is 11.0. The number of carbonyl (C=O) groups is 1. The van der Waals surface area contributed by atoms with Crippen molar-refractivity contribution < 1.29 is 4.79 Å². The Balaban J connectivity index is 3.01. The molecule has 0 fully saturated rings. The lowest BCUT2D eigenvalue weighted by atomic mass is 10.0. The molecule has 0 aliphatic carbocycles. The zero-order chi connectivity index (χ0) is 16.3. The van der Waals surface area contributed by atoms with Crippen molar-refractivity contribution in [3.05, 3.63) is 5.21 Å².